The van der Waals surface area contributed by atoms with Crippen LogP contribution in [0.4, 0.5) is 4.79 Å². The number of carbonyl (C=O) groups excluding carboxylic acids is 4. The van der Waals surface area contributed by atoms with E-state index in [-0.39, 0.29) is 25.5 Å². The Morgan fingerprint density at radius 3 is 2.56 bits per heavy atom. The van der Waals surface area contributed by atoms with E-state index in [4.69, 9.17) is 13.7 Å². The quantitative estimate of drug-likeness (QED) is 0.285. The maximum Gasteiger partial charge on any atom is 0.408 e. The highest BCUT2D eigenvalue weighted by Crippen LogP contribution is 2.46. The van der Waals surface area contributed by atoms with Crippen molar-refractivity contribution in [1.82, 2.24) is 15.5 Å². The summed E-state index contributed by atoms with van der Waals surface area (Å²) < 4.78 is 39.4. The molecular weight excluding hydrogens is 530 g/mol. The smallest absolute Gasteiger partial charge is 0.408 e. The Labute approximate surface area is 230 Å². The molecular formula is C26H41N3O9S. The first-order valence-electron chi connectivity index (χ1n) is 13.5. The minimum Gasteiger partial charge on any atom is -0.464 e. The Balaban J connectivity index is 1.92. The lowest BCUT2D eigenvalue weighted by Gasteiger charge is -2.30. The molecule has 220 valence electrons. The average Bonchev–Trinajstić information content (AvgIpc) is 3.33. The number of nitrogens with one attached hydrogen (secondary N) is 2. The summed E-state index contributed by atoms with van der Waals surface area (Å²) in [7, 11) is -3.87. The van der Waals surface area contributed by atoms with Gasteiger partial charge in [-0.2, -0.15) is 8.42 Å². The van der Waals surface area contributed by atoms with Gasteiger partial charge in [0.25, 0.3) is 10.1 Å². The Bertz CT molecular complexity index is 1080. The first-order valence-corrected chi connectivity index (χ1v) is 15.3. The predicted octanol–water partition coefficient (Wildman–Crippen LogP) is 1.78. The van der Waals surface area contributed by atoms with E-state index in [1.54, 1.807) is 27.7 Å². The number of alkyl carbamates (subject to hydrolysis) is 1. The first-order chi connectivity index (χ1) is 18.1. The third-order valence-corrected chi connectivity index (χ3v) is 7.50. The van der Waals surface area contributed by atoms with Crippen molar-refractivity contribution < 1.29 is 41.3 Å². The molecule has 1 saturated carbocycles. The number of fused-ring (bicyclic) bond motifs is 2. The van der Waals surface area contributed by atoms with E-state index < -0.39 is 63.3 Å². The van der Waals surface area contributed by atoms with Gasteiger partial charge in [-0.25, -0.2) is 9.59 Å². The summed E-state index contributed by atoms with van der Waals surface area (Å²) in [6.07, 6.45) is 6.66. The van der Waals surface area contributed by atoms with E-state index in [1.807, 2.05) is 12.2 Å². The van der Waals surface area contributed by atoms with Crippen molar-refractivity contribution in [3.05, 3.63) is 12.2 Å². The van der Waals surface area contributed by atoms with Crippen LogP contribution in [0, 0.1) is 5.92 Å². The summed E-state index contributed by atoms with van der Waals surface area (Å²) in [6, 6.07) is -2.12. The summed E-state index contributed by atoms with van der Waals surface area (Å²) in [5.74, 6) is -1.97. The predicted molar refractivity (Wildman–Crippen MR) is 141 cm³/mol. The standard InChI is InChI=1S/C26H41N3O9S/c1-6-36-23(32)26-15-17(26)12-10-8-7-9-11-13-19(27-24(33)37-25(2,3)4)22(31)29-16-18(38-39(5,34)35)14-20(29)21(30)28-26/h10,12,17-20H,6-9,11,13-16H2,1-5H3,(H,27,33)(H,28,30)/b12-10-/t17?,18-,19-,20?,26+/m0/s1. The molecule has 0 spiro atoms. The Morgan fingerprint density at radius 2 is 1.92 bits per heavy atom. The van der Waals surface area contributed by atoms with Gasteiger partial charge < -0.3 is 25.0 Å². The molecule has 2 heterocycles. The molecule has 39 heavy (non-hydrogen) atoms. The third kappa shape index (κ3) is 8.41. The van der Waals surface area contributed by atoms with E-state index in [0.29, 0.717) is 19.3 Å². The molecule has 3 amide bonds. The number of hydrogen-bond donors (Lipinski definition) is 2. The lowest BCUT2D eigenvalue weighted by molar-refractivity contribution is -0.150. The molecule has 0 radical (unpaired) electrons. The monoisotopic (exact) mass is 571 g/mol. The number of allylic oxidation sites excluding steroid dienone is 1. The van der Waals surface area contributed by atoms with Gasteiger partial charge in [-0.15, -0.1) is 0 Å². The first kappa shape index (κ1) is 30.9. The zero-order valence-electron chi connectivity index (χ0n) is 23.4. The van der Waals surface area contributed by atoms with Crippen LogP contribution in [0.2, 0.25) is 0 Å². The summed E-state index contributed by atoms with van der Waals surface area (Å²) in [4.78, 5) is 54.1. The van der Waals surface area contributed by atoms with Gasteiger partial charge in [0.15, 0.2) is 0 Å². The van der Waals surface area contributed by atoms with Gasteiger partial charge in [-0.3, -0.25) is 13.8 Å². The summed E-state index contributed by atoms with van der Waals surface area (Å²) >= 11 is 0. The highest BCUT2D eigenvalue weighted by atomic mass is 32.2. The Kier molecular flexibility index (Phi) is 9.69. The van der Waals surface area contributed by atoms with Crippen molar-refractivity contribution >= 4 is 34.0 Å². The fraction of sp³-hybridized carbons (Fsp3) is 0.769. The second-order valence-corrected chi connectivity index (χ2v) is 13.0. The Hall–Kier alpha value is -2.67. The fourth-order valence-electron chi connectivity index (χ4n) is 5.07. The van der Waals surface area contributed by atoms with Crippen LogP contribution < -0.4 is 10.6 Å². The topological polar surface area (TPSA) is 157 Å². The van der Waals surface area contributed by atoms with Crippen molar-refractivity contribution in [1.29, 1.82) is 0 Å². The van der Waals surface area contributed by atoms with E-state index in [9.17, 15) is 27.6 Å². The molecule has 5 atom stereocenters. The molecule has 1 saturated heterocycles. The molecule has 2 aliphatic heterocycles. The summed E-state index contributed by atoms with van der Waals surface area (Å²) in [6.45, 7) is 6.76. The maximum atomic E-state index is 13.8. The van der Waals surface area contributed by atoms with Crippen LogP contribution in [0.5, 0.6) is 0 Å². The van der Waals surface area contributed by atoms with E-state index in [0.717, 1.165) is 25.5 Å². The van der Waals surface area contributed by atoms with Crippen molar-refractivity contribution in [2.24, 2.45) is 5.92 Å². The molecule has 2 N–H and O–H groups in total. The number of rotatable bonds is 5. The molecule has 1 aliphatic carbocycles. The van der Waals surface area contributed by atoms with Crippen LogP contribution in [0.15, 0.2) is 12.2 Å². The average molecular weight is 572 g/mol. The molecule has 3 aliphatic rings. The van der Waals surface area contributed by atoms with E-state index >= 15 is 0 Å². The molecule has 12 nitrogen and oxygen atoms in total. The van der Waals surface area contributed by atoms with Gasteiger partial charge in [-0.05, 0) is 53.4 Å². The number of nitrogens with zero attached hydrogens (tertiary/aromatic N) is 1. The highest BCUT2D eigenvalue weighted by molar-refractivity contribution is 7.86. The molecule has 0 aromatic carbocycles. The van der Waals surface area contributed by atoms with Gasteiger partial charge in [0.2, 0.25) is 11.8 Å². The number of hydrogen-bond acceptors (Lipinski definition) is 9. The molecule has 0 aromatic rings. The van der Waals surface area contributed by atoms with E-state index in [1.165, 1.54) is 4.90 Å². The van der Waals surface area contributed by atoms with Gasteiger partial charge in [-0.1, -0.05) is 25.0 Å². The second kappa shape index (κ2) is 12.2. The molecule has 0 bridgehead atoms. The number of amides is 3. The maximum absolute atomic E-state index is 13.8. The van der Waals surface area contributed by atoms with Gasteiger partial charge >= 0.3 is 12.1 Å². The molecule has 2 fully saturated rings. The lowest BCUT2D eigenvalue weighted by atomic mass is 10.0. The van der Waals surface area contributed by atoms with Crippen molar-refractivity contribution in [3.8, 4) is 0 Å². The highest BCUT2D eigenvalue weighted by Gasteiger charge is 2.62. The van der Waals surface area contributed by atoms with Crippen LogP contribution in [-0.2, 0) is 38.2 Å². The molecule has 13 heteroatoms. The van der Waals surface area contributed by atoms with Gasteiger partial charge in [0, 0.05) is 18.9 Å². The third-order valence-electron chi connectivity index (χ3n) is 6.88. The van der Waals surface area contributed by atoms with Gasteiger partial charge in [0.1, 0.15) is 23.2 Å². The van der Waals surface area contributed by atoms with Crippen molar-refractivity contribution in [2.75, 3.05) is 19.4 Å². The van der Waals surface area contributed by atoms with E-state index in [2.05, 4.69) is 10.6 Å². The minimum atomic E-state index is -3.87. The summed E-state index contributed by atoms with van der Waals surface area (Å²) in [5.41, 5.74) is -2.03. The van der Waals surface area contributed by atoms with Crippen molar-refractivity contribution in [3.63, 3.8) is 0 Å². The van der Waals surface area contributed by atoms with Crippen molar-refractivity contribution in [2.45, 2.75) is 102 Å². The summed E-state index contributed by atoms with van der Waals surface area (Å²) in [5, 5.41) is 5.44. The van der Waals surface area contributed by atoms with Crippen LogP contribution >= 0.6 is 0 Å². The number of carbonyl (C=O) groups is 4. The van der Waals surface area contributed by atoms with Crippen LogP contribution in [0.3, 0.4) is 0 Å². The minimum absolute atomic E-state index is 0.0940. The van der Waals surface area contributed by atoms with Crippen LogP contribution in [0.1, 0.15) is 72.6 Å². The van der Waals surface area contributed by atoms with Gasteiger partial charge in [0.05, 0.1) is 19.0 Å². The normalized spacial score (nSPS) is 31.1. The largest absolute Gasteiger partial charge is 0.464 e. The van der Waals surface area contributed by atoms with Crippen LogP contribution in [-0.4, -0.2) is 85.9 Å². The zero-order chi connectivity index (χ0) is 29.0. The molecule has 0 aromatic heterocycles. The molecule has 2 unspecified atom stereocenters. The lowest BCUT2D eigenvalue weighted by Crippen LogP contribution is -2.56. The Morgan fingerprint density at radius 1 is 1.21 bits per heavy atom. The molecule has 3 rings (SSSR count). The van der Waals surface area contributed by atoms with Crippen LogP contribution in [0.25, 0.3) is 0 Å². The number of ether oxygens (including phenoxy) is 2. The second-order valence-electron chi connectivity index (χ2n) is 11.4. The zero-order valence-corrected chi connectivity index (χ0v) is 24.2. The SMILES string of the molecule is CCOC(=O)[C@@]12CC1/C=C\CCCCC[C@H](NC(=O)OC(C)(C)C)C(=O)N1C[C@@H](OS(C)(=O)=O)CC1C(=O)N2. The number of esters is 1. The fourth-order valence-corrected chi connectivity index (χ4v) is 5.71.